The van der Waals surface area contributed by atoms with Crippen molar-refractivity contribution >= 4 is 22.9 Å². The van der Waals surface area contributed by atoms with Gasteiger partial charge in [-0.15, -0.1) is 0 Å². The van der Waals surface area contributed by atoms with E-state index >= 15 is 0 Å². The molecule has 0 unspecified atom stereocenters. The topological polar surface area (TPSA) is 41.0 Å². The van der Waals surface area contributed by atoms with Gasteiger partial charge in [0.2, 0.25) is 0 Å². The molecule has 1 heterocycles. The lowest BCUT2D eigenvalue weighted by Gasteiger charge is -2.20. The van der Waals surface area contributed by atoms with Gasteiger partial charge in [0.05, 0.1) is 22.9 Å². The molecule has 106 valence electrons. The molecule has 0 amide bonds. The van der Waals surface area contributed by atoms with Crippen LogP contribution in [0.15, 0.2) is 53.5 Å². The molecule has 2 aromatic carbocycles. The second-order valence-corrected chi connectivity index (χ2v) is 6.16. The van der Waals surface area contributed by atoms with Crippen LogP contribution in [0.4, 0.5) is 5.69 Å². The van der Waals surface area contributed by atoms with Crippen LogP contribution in [-0.4, -0.2) is 16.2 Å². The minimum absolute atomic E-state index is 0.0712. The van der Waals surface area contributed by atoms with E-state index in [1.54, 1.807) is 6.21 Å². The van der Waals surface area contributed by atoms with Gasteiger partial charge >= 0.3 is 0 Å². The maximum atomic E-state index is 4.62. The Balaban J connectivity index is 1.96. The molecule has 0 radical (unpaired) electrons. The average Bonchev–Trinajstić information content (AvgIpc) is 2.87. The van der Waals surface area contributed by atoms with Crippen molar-refractivity contribution in [2.75, 3.05) is 0 Å². The molecule has 0 aliphatic rings. The van der Waals surface area contributed by atoms with Gasteiger partial charge in [-0.05, 0) is 29.2 Å². The number of benzene rings is 2. The molecule has 1 N–H and O–H groups in total. The lowest BCUT2D eigenvalue weighted by Crippen LogP contribution is -2.11. The van der Waals surface area contributed by atoms with Crippen molar-refractivity contribution in [3.63, 3.8) is 0 Å². The first kappa shape index (κ1) is 13.6. The van der Waals surface area contributed by atoms with Crippen molar-refractivity contribution in [2.24, 2.45) is 4.99 Å². The van der Waals surface area contributed by atoms with Crippen LogP contribution in [-0.2, 0) is 5.41 Å². The van der Waals surface area contributed by atoms with Gasteiger partial charge in [-0.3, -0.25) is 4.99 Å². The van der Waals surface area contributed by atoms with E-state index in [0.29, 0.717) is 0 Å². The zero-order valence-electron chi connectivity index (χ0n) is 12.6. The second-order valence-electron chi connectivity index (χ2n) is 6.16. The lowest BCUT2D eigenvalue weighted by molar-refractivity contribution is 0.591. The smallest absolute Gasteiger partial charge is 0.149 e. The SMILES string of the molecule is CC(C)(C)c1ccccc1/N=C/c1nc2ccccc2[nH]1. The molecule has 0 fully saturated rings. The van der Waals surface area contributed by atoms with Crippen LogP contribution in [0.3, 0.4) is 0 Å². The standard InChI is InChI=1S/C18H19N3/c1-18(2,3)13-8-4-5-9-14(13)19-12-17-20-15-10-6-7-11-16(15)21-17/h4-12H,1-3H3,(H,20,21)/b19-12+. The van der Waals surface area contributed by atoms with Crippen molar-refractivity contribution in [2.45, 2.75) is 26.2 Å². The van der Waals surface area contributed by atoms with Crippen LogP contribution in [0.1, 0.15) is 32.2 Å². The Morgan fingerprint density at radius 3 is 2.48 bits per heavy atom. The molecule has 3 rings (SSSR count). The monoisotopic (exact) mass is 277 g/mol. The van der Waals surface area contributed by atoms with Crippen LogP contribution in [0.5, 0.6) is 0 Å². The van der Waals surface area contributed by atoms with E-state index in [1.165, 1.54) is 5.56 Å². The molecule has 3 heteroatoms. The summed E-state index contributed by atoms with van der Waals surface area (Å²) in [6.07, 6.45) is 1.80. The fourth-order valence-corrected chi connectivity index (χ4v) is 2.38. The number of para-hydroxylation sites is 3. The van der Waals surface area contributed by atoms with Crippen LogP contribution in [0.2, 0.25) is 0 Å². The molecule has 0 saturated carbocycles. The fraction of sp³-hybridized carbons (Fsp3) is 0.222. The number of aliphatic imine (C=N–C) groups is 1. The number of nitrogens with zero attached hydrogens (tertiary/aromatic N) is 2. The summed E-state index contributed by atoms with van der Waals surface area (Å²) in [5.41, 5.74) is 4.29. The Bertz CT molecular complexity index is 758. The second kappa shape index (κ2) is 5.17. The number of hydrogen-bond acceptors (Lipinski definition) is 2. The van der Waals surface area contributed by atoms with Gasteiger partial charge in [0.25, 0.3) is 0 Å². The van der Waals surface area contributed by atoms with E-state index < -0.39 is 0 Å². The zero-order chi connectivity index (χ0) is 14.9. The average molecular weight is 277 g/mol. The first-order chi connectivity index (χ1) is 10.0. The summed E-state index contributed by atoms with van der Waals surface area (Å²) >= 11 is 0. The highest BCUT2D eigenvalue weighted by molar-refractivity contribution is 5.85. The molecule has 0 spiro atoms. The van der Waals surface area contributed by atoms with Crippen molar-refractivity contribution in [3.8, 4) is 0 Å². The zero-order valence-corrected chi connectivity index (χ0v) is 12.6. The molecule has 0 aliphatic heterocycles. The van der Waals surface area contributed by atoms with E-state index in [0.717, 1.165) is 22.5 Å². The minimum Gasteiger partial charge on any atom is -0.337 e. The van der Waals surface area contributed by atoms with E-state index in [-0.39, 0.29) is 5.41 Å². The molecular weight excluding hydrogens is 258 g/mol. The highest BCUT2D eigenvalue weighted by Crippen LogP contribution is 2.31. The number of imidazole rings is 1. The van der Waals surface area contributed by atoms with Crippen LogP contribution >= 0.6 is 0 Å². The summed E-state index contributed by atoms with van der Waals surface area (Å²) in [7, 11) is 0. The van der Waals surface area contributed by atoms with Crippen LogP contribution in [0, 0.1) is 0 Å². The molecule has 3 aromatic rings. The minimum atomic E-state index is 0.0712. The van der Waals surface area contributed by atoms with Gasteiger partial charge < -0.3 is 4.98 Å². The number of aromatic nitrogens is 2. The molecule has 21 heavy (non-hydrogen) atoms. The Kier molecular flexibility index (Phi) is 3.34. The molecule has 1 aromatic heterocycles. The summed E-state index contributed by atoms with van der Waals surface area (Å²) in [4.78, 5) is 12.4. The van der Waals surface area contributed by atoms with Gasteiger partial charge in [0.1, 0.15) is 5.82 Å². The van der Waals surface area contributed by atoms with Gasteiger partial charge in [0.15, 0.2) is 0 Å². The van der Waals surface area contributed by atoms with E-state index in [2.05, 4.69) is 47.9 Å². The van der Waals surface area contributed by atoms with Crippen molar-refractivity contribution in [1.29, 1.82) is 0 Å². The third-order valence-corrected chi connectivity index (χ3v) is 3.45. The van der Waals surface area contributed by atoms with Crippen LogP contribution in [0.25, 0.3) is 11.0 Å². The number of aromatic amines is 1. The Labute approximate surface area is 124 Å². The maximum Gasteiger partial charge on any atom is 0.149 e. The largest absolute Gasteiger partial charge is 0.337 e. The molecule has 0 atom stereocenters. The summed E-state index contributed by atoms with van der Waals surface area (Å²) in [6.45, 7) is 6.59. The first-order valence-corrected chi connectivity index (χ1v) is 7.12. The van der Waals surface area contributed by atoms with E-state index in [1.807, 2.05) is 36.4 Å². The van der Waals surface area contributed by atoms with Crippen molar-refractivity contribution in [1.82, 2.24) is 9.97 Å². The first-order valence-electron chi connectivity index (χ1n) is 7.12. The predicted octanol–water partition coefficient (Wildman–Crippen LogP) is 4.61. The number of H-pyrrole nitrogens is 1. The van der Waals surface area contributed by atoms with Crippen LogP contribution < -0.4 is 0 Å². The number of hydrogen-bond donors (Lipinski definition) is 1. The Morgan fingerprint density at radius 1 is 1.00 bits per heavy atom. The van der Waals surface area contributed by atoms with Gasteiger partial charge in [-0.2, -0.15) is 0 Å². The molecule has 3 nitrogen and oxygen atoms in total. The summed E-state index contributed by atoms with van der Waals surface area (Å²) < 4.78 is 0. The number of rotatable bonds is 2. The van der Waals surface area contributed by atoms with Crippen molar-refractivity contribution < 1.29 is 0 Å². The predicted molar refractivity (Wildman–Crippen MR) is 88.5 cm³/mol. The molecule has 0 bridgehead atoms. The third kappa shape index (κ3) is 2.87. The lowest BCUT2D eigenvalue weighted by atomic mass is 9.86. The normalized spacial score (nSPS) is 12.3. The van der Waals surface area contributed by atoms with E-state index in [9.17, 15) is 0 Å². The summed E-state index contributed by atoms with van der Waals surface area (Å²) in [5.74, 6) is 0.778. The Morgan fingerprint density at radius 2 is 1.71 bits per heavy atom. The fourth-order valence-electron chi connectivity index (χ4n) is 2.38. The number of nitrogens with one attached hydrogen (secondary N) is 1. The maximum absolute atomic E-state index is 4.62. The summed E-state index contributed by atoms with van der Waals surface area (Å²) in [5, 5.41) is 0. The Hall–Kier alpha value is -2.42. The molecule has 0 saturated heterocycles. The number of fused-ring (bicyclic) bond motifs is 1. The summed E-state index contributed by atoms with van der Waals surface area (Å²) in [6, 6.07) is 16.2. The third-order valence-electron chi connectivity index (χ3n) is 3.45. The van der Waals surface area contributed by atoms with Gasteiger partial charge in [0, 0.05) is 0 Å². The molecular formula is C18H19N3. The highest BCUT2D eigenvalue weighted by Gasteiger charge is 2.16. The highest BCUT2D eigenvalue weighted by atomic mass is 14.9. The molecule has 0 aliphatic carbocycles. The van der Waals surface area contributed by atoms with E-state index in [4.69, 9.17) is 0 Å². The van der Waals surface area contributed by atoms with Gasteiger partial charge in [-0.25, -0.2) is 4.98 Å². The van der Waals surface area contributed by atoms with Gasteiger partial charge in [-0.1, -0.05) is 51.1 Å². The quantitative estimate of drug-likeness (QED) is 0.683. The van der Waals surface area contributed by atoms with Crippen molar-refractivity contribution in [3.05, 3.63) is 59.9 Å².